The lowest BCUT2D eigenvalue weighted by Gasteiger charge is -2.48. The number of hydrogen-bond donors (Lipinski definition) is 2. The molecule has 5 heteroatoms. The van der Waals surface area contributed by atoms with Gasteiger partial charge in [-0.15, -0.1) is 0 Å². The van der Waals surface area contributed by atoms with Crippen LogP contribution in [0.4, 0.5) is 0 Å². The molecule has 1 aromatic rings. The smallest absolute Gasteiger partial charge is 0.129 e. The highest BCUT2D eigenvalue weighted by Crippen LogP contribution is 2.60. The molecule has 0 radical (unpaired) electrons. The van der Waals surface area contributed by atoms with Gasteiger partial charge in [-0.3, -0.25) is 0 Å². The first-order valence-corrected chi connectivity index (χ1v) is 9.65. The maximum atomic E-state index is 11.4. The largest absolute Gasteiger partial charge is 0.508 e. The molecule has 5 nitrogen and oxygen atoms in total. The molecule has 3 rings (SSSR count). The van der Waals surface area contributed by atoms with Gasteiger partial charge in [-0.2, -0.15) is 0 Å². The second-order valence-corrected chi connectivity index (χ2v) is 8.52. The van der Waals surface area contributed by atoms with Crippen molar-refractivity contribution in [2.45, 2.75) is 50.5 Å². The Bertz CT molecular complexity index is 631. The van der Waals surface area contributed by atoms with Crippen molar-refractivity contribution in [1.82, 2.24) is 4.90 Å². The zero-order valence-electron chi connectivity index (χ0n) is 16.2. The van der Waals surface area contributed by atoms with Gasteiger partial charge < -0.3 is 20.0 Å². The summed E-state index contributed by atoms with van der Waals surface area (Å²) in [6.07, 6.45) is 6.50. The Hall–Kier alpha value is -1.59. The number of aromatic hydroxyl groups is 1. The van der Waals surface area contributed by atoms with E-state index in [1.165, 1.54) is 5.56 Å². The van der Waals surface area contributed by atoms with Crippen LogP contribution in [-0.2, 0) is 4.84 Å². The molecule has 26 heavy (non-hydrogen) atoms. The molecular formula is C21H32N2O3. The standard InChI is InChI=1S/C21H32N2O3/c1-20-10-8-17(16-4-6-19(24)7-5-16)14-21(20,25)11-9-18(20)15-22-26-13-12-23(2)3/h4-7,15,17-18,24-25H,8-14H2,1-3H3/t17-,18+,20+,21-/m0/s1. The van der Waals surface area contributed by atoms with E-state index in [4.69, 9.17) is 4.84 Å². The molecule has 0 aliphatic heterocycles. The van der Waals surface area contributed by atoms with Gasteiger partial charge in [-0.1, -0.05) is 24.2 Å². The molecule has 2 N–H and O–H groups in total. The Morgan fingerprint density at radius 3 is 2.65 bits per heavy atom. The van der Waals surface area contributed by atoms with Crippen LogP contribution in [0.15, 0.2) is 29.4 Å². The molecule has 0 aromatic heterocycles. The predicted molar refractivity (Wildman–Crippen MR) is 103 cm³/mol. The van der Waals surface area contributed by atoms with Crippen LogP contribution in [0, 0.1) is 11.3 Å². The quantitative estimate of drug-likeness (QED) is 0.464. The number of likely N-dealkylation sites (N-methyl/N-ethyl adjacent to an activating group) is 1. The van der Waals surface area contributed by atoms with E-state index in [0.29, 0.717) is 18.3 Å². The van der Waals surface area contributed by atoms with Crippen molar-refractivity contribution < 1.29 is 15.1 Å². The Labute approximate surface area is 156 Å². The summed E-state index contributed by atoms with van der Waals surface area (Å²) in [5.41, 5.74) is 0.408. The zero-order chi connectivity index (χ0) is 18.8. The van der Waals surface area contributed by atoms with Crippen LogP contribution in [0.25, 0.3) is 0 Å². The van der Waals surface area contributed by atoms with E-state index >= 15 is 0 Å². The topological polar surface area (TPSA) is 65.3 Å². The molecule has 0 amide bonds. The highest BCUT2D eigenvalue weighted by molar-refractivity contribution is 5.62. The second kappa shape index (κ2) is 7.57. The van der Waals surface area contributed by atoms with Crippen LogP contribution in [-0.4, -0.2) is 54.2 Å². The van der Waals surface area contributed by atoms with Crippen LogP contribution in [0.5, 0.6) is 5.75 Å². The van der Waals surface area contributed by atoms with Gasteiger partial charge in [0.05, 0.1) is 5.60 Å². The second-order valence-electron chi connectivity index (χ2n) is 8.52. The Morgan fingerprint density at radius 2 is 1.96 bits per heavy atom. The van der Waals surface area contributed by atoms with E-state index in [9.17, 15) is 10.2 Å². The minimum Gasteiger partial charge on any atom is -0.508 e. The number of aliphatic hydroxyl groups is 1. The molecule has 0 heterocycles. The number of oxime groups is 1. The van der Waals surface area contributed by atoms with Gasteiger partial charge in [-0.05, 0) is 69.8 Å². The molecule has 2 fully saturated rings. The van der Waals surface area contributed by atoms with Gasteiger partial charge in [0.1, 0.15) is 12.4 Å². The van der Waals surface area contributed by atoms with E-state index in [1.807, 2.05) is 32.4 Å². The van der Waals surface area contributed by atoms with Gasteiger partial charge in [0.25, 0.3) is 0 Å². The lowest BCUT2D eigenvalue weighted by atomic mass is 9.59. The van der Waals surface area contributed by atoms with Gasteiger partial charge in [0, 0.05) is 24.1 Å². The molecule has 2 aliphatic rings. The summed E-state index contributed by atoms with van der Waals surface area (Å²) in [5, 5.41) is 25.1. The summed E-state index contributed by atoms with van der Waals surface area (Å²) in [4.78, 5) is 7.45. The average Bonchev–Trinajstić information content (AvgIpc) is 2.86. The number of phenols is 1. The fourth-order valence-corrected chi connectivity index (χ4v) is 4.74. The number of rotatable bonds is 6. The summed E-state index contributed by atoms with van der Waals surface area (Å²) >= 11 is 0. The van der Waals surface area contributed by atoms with Gasteiger partial charge in [0.15, 0.2) is 0 Å². The van der Waals surface area contributed by atoms with Crippen molar-refractivity contribution in [1.29, 1.82) is 0 Å². The van der Waals surface area contributed by atoms with Gasteiger partial charge >= 0.3 is 0 Å². The minimum atomic E-state index is -0.659. The minimum absolute atomic E-state index is 0.144. The summed E-state index contributed by atoms with van der Waals surface area (Å²) in [7, 11) is 4.02. The summed E-state index contributed by atoms with van der Waals surface area (Å²) in [5.74, 6) is 0.896. The molecule has 0 bridgehead atoms. The fraction of sp³-hybridized carbons (Fsp3) is 0.667. The SMILES string of the molecule is CN(C)CCON=C[C@H]1CC[C@]2(O)C[C@@H](c3ccc(O)cc3)CC[C@]12C. The number of phenolic OH excluding ortho intramolecular Hbond substituents is 1. The summed E-state index contributed by atoms with van der Waals surface area (Å²) in [6, 6.07) is 7.45. The van der Waals surface area contributed by atoms with E-state index in [0.717, 1.165) is 38.6 Å². The molecule has 144 valence electrons. The van der Waals surface area contributed by atoms with Crippen LogP contribution in [0.2, 0.25) is 0 Å². The Kier molecular flexibility index (Phi) is 5.58. The summed E-state index contributed by atoms with van der Waals surface area (Å²) < 4.78 is 0. The van der Waals surface area contributed by atoms with E-state index in [-0.39, 0.29) is 11.3 Å². The van der Waals surface area contributed by atoms with Crippen LogP contribution < -0.4 is 0 Å². The maximum Gasteiger partial charge on any atom is 0.129 e. The molecular weight excluding hydrogens is 328 g/mol. The van der Waals surface area contributed by atoms with Crippen LogP contribution in [0.3, 0.4) is 0 Å². The number of fused-ring (bicyclic) bond motifs is 1. The highest BCUT2D eigenvalue weighted by Gasteiger charge is 2.58. The first kappa shape index (κ1) is 19.2. The van der Waals surface area contributed by atoms with Crippen molar-refractivity contribution in [2.75, 3.05) is 27.2 Å². The maximum absolute atomic E-state index is 11.4. The molecule has 4 atom stereocenters. The number of nitrogens with zero attached hydrogens (tertiary/aromatic N) is 2. The molecule has 0 spiro atoms. The van der Waals surface area contributed by atoms with Crippen molar-refractivity contribution in [3.63, 3.8) is 0 Å². The first-order valence-electron chi connectivity index (χ1n) is 9.65. The van der Waals surface area contributed by atoms with E-state index in [1.54, 1.807) is 12.1 Å². The van der Waals surface area contributed by atoms with Crippen molar-refractivity contribution in [2.24, 2.45) is 16.5 Å². The van der Waals surface area contributed by atoms with E-state index in [2.05, 4.69) is 17.0 Å². The van der Waals surface area contributed by atoms with E-state index < -0.39 is 5.60 Å². The van der Waals surface area contributed by atoms with Gasteiger partial charge in [0.2, 0.25) is 0 Å². The molecule has 2 saturated carbocycles. The monoisotopic (exact) mass is 360 g/mol. The molecule has 1 aromatic carbocycles. The van der Waals surface area contributed by atoms with Crippen LogP contribution in [0.1, 0.15) is 50.5 Å². The fourth-order valence-electron chi connectivity index (χ4n) is 4.74. The third-order valence-electron chi connectivity index (χ3n) is 6.66. The normalized spacial score (nSPS) is 34.3. The van der Waals surface area contributed by atoms with Crippen molar-refractivity contribution >= 4 is 6.21 Å². The molecule has 0 unspecified atom stereocenters. The van der Waals surface area contributed by atoms with Gasteiger partial charge in [-0.25, -0.2) is 0 Å². The van der Waals surface area contributed by atoms with Crippen molar-refractivity contribution in [3.8, 4) is 5.75 Å². The third kappa shape index (κ3) is 3.74. The average molecular weight is 360 g/mol. The number of hydrogen-bond acceptors (Lipinski definition) is 5. The molecule has 0 saturated heterocycles. The van der Waals surface area contributed by atoms with Crippen molar-refractivity contribution in [3.05, 3.63) is 29.8 Å². The summed E-state index contributed by atoms with van der Waals surface area (Å²) in [6.45, 7) is 3.64. The Balaban J connectivity index is 1.64. The zero-order valence-corrected chi connectivity index (χ0v) is 16.2. The van der Waals surface area contributed by atoms with Crippen LogP contribution >= 0.6 is 0 Å². The molecule has 2 aliphatic carbocycles. The Morgan fingerprint density at radius 1 is 1.23 bits per heavy atom. The lowest BCUT2D eigenvalue weighted by molar-refractivity contribution is -0.0959. The number of benzene rings is 1. The predicted octanol–water partition coefficient (Wildman–Crippen LogP) is 3.37. The highest BCUT2D eigenvalue weighted by atomic mass is 16.6. The third-order valence-corrected chi connectivity index (χ3v) is 6.66. The first-order chi connectivity index (χ1) is 12.3. The lowest BCUT2D eigenvalue weighted by Crippen LogP contribution is -2.49.